The van der Waals surface area contributed by atoms with Crippen molar-refractivity contribution in [1.29, 1.82) is 0 Å². The Kier molecular flexibility index (Phi) is 5.32. The first-order chi connectivity index (χ1) is 5.11. The smallest absolute Gasteiger partial charge is 0.0168 e. The zero-order chi connectivity index (χ0) is 8.43. The van der Waals surface area contributed by atoms with Gasteiger partial charge in [0.25, 0.3) is 0 Å². The van der Waals surface area contributed by atoms with Gasteiger partial charge in [-0.2, -0.15) is 29.3 Å². The summed E-state index contributed by atoms with van der Waals surface area (Å²) in [5.74, 6) is 0. The van der Waals surface area contributed by atoms with Gasteiger partial charge in [-0.3, -0.25) is 0 Å². The van der Waals surface area contributed by atoms with Crippen molar-refractivity contribution in [2.75, 3.05) is 0 Å². The number of halogens is 1. The SMILES string of the molecule is C=C(Cl)c1cc(C)[c-]cc1C.[Y]. The molecule has 0 aliphatic heterocycles. The summed E-state index contributed by atoms with van der Waals surface area (Å²) >= 11 is 5.77. The van der Waals surface area contributed by atoms with E-state index in [-0.39, 0.29) is 32.7 Å². The van der Waals surface area contributed by atoms with E-state index in [1.807, 2.05) is 26.0 Å². The standard InChI is InChI=1S/C10H10Cl.Y/c1-7-4-5-8(2)10(6-7)9(3)11;/h5-6H,3H2,1-2H3;/q-1;. The largest absolute Gasteiger partial charge is 0.180 e. The fourth-order valence-electron chi connectivity index (χ4n) is 0.964. The molecule has 0 N–H and O–H groups in total. The van der Waals surface area contributed by atoms with E-state index >= 15 is 0 Å². The minimum atomic E-state index is 0. The van der Waals surface area contributed by atoms with Crippen LogP contribution in [0.15, 0.2) is 18.7 Å². The Morgan fingerprint density at radius 3 is 2.50 bits per heavy atom. The first-order valence-corrected chi connectivity index (χ1v) is 3.83. The van der Waals surface area contributed by atoms with E-state index in [2.05, 4.69) is 12.6 Å². The molecule has 0 unspecified atom stereocenters. The van der Waals surface area contributed by atoms with Gasteiger partial charge in [0.15, 0.2) is 0 Å². The summed E-state index contributed by atoms with van der Waals surface area (Å²) in [4.78, 5) is 0. The summed E-state index contributed by atoms with van der Waals surface area (Å²) in [6.07, 6.45) is 0. The molecule has 61 valence electrons. The van der Waals surface area contributed by atoms with Crippen molar-refractivity contribution in [1.82, 2.24) is 0 Å². The van der Waals surface area contributed by atoms with Gasteiger partial charge >= 0.3 is 0 Å². The zero-order valence-corrected chi connectivity index (χ0v) is 10.9. The molecule has 0 aromatic heterocycles. The Morgan fingerprint density at radius 1 is 1.50 bits per heavy atom. The maximum Gasteiger partial charge on any atom is 0.0168 e. The molecule has 0 atom stereocenters. The normalized spacial score (nSPS) is 8.92. The Balaban J connectivity index is 0.00000121. The first kappa shape index (κ1) is 12.4. The van der Waals surface area contributed by atoms with Crippen molar-refractivity contribution in [3.63, 3.8) is 0 Å². The van der Waals surface area contributed by atoms with Gasteiger partial charge in [0.05, 0.1) is 0 Å². The Bertz CT molecular complexity index is 292. The monoisotopic (exact) mass is 254 g/mol. The molecule has 1 aromatic rings. The van der Waals surface area contributed by atoms with Crippen LogP contribution in [0, 0.1) is 19.9 Å². The van der Waals surface area contributed by atoms with Gasteiger partial charge in [0, 0.05) is 37.7 Å². The van der Waals surface area contributed by atoms with Crippen molar-refractivity contribution in [3.8, 4) is 0 Å². The number of hydrogen-bond donors (Lipinski definition) is 0. The molecule has 0 aliphatic rings. The molecule has 12 heavy (non-hydrogen) atoms. The van der Waals surface area contributed by atoms with Gasteiger partial charge in [-0.15, -0.1) is 5.56 Å². The van der Waals surface area contributed by atoms with Gasteiger partial charge in [0.1, 0.15) is 0 Å². The molecule has 0 fully saturated rings. The van der Waals surface area contributed by atoms with Gasteiger partial charge in [0.2, 0.25) is 0 Å². The maximum absolute atomic E-state index is 5.77. The minimum Gasteiger partial charge on any atom is -0.180 e. The van der Waals surface area contributed by atoms with E-state index in [0.29, 0.717) is 5.03 Å². The summed E-state index contributed by atoms with van der Waals surface area (Å²) in [5, 5.41) is 0.597. The van der Waals surface area contributed by atoms with E-state index in [4.69, 9.17) is 11.6 Å². The number of hydrogen-bond acceptors (Lipinski definition) is 0. The Hall–Kier alpha value is 0.354. The molecule has 0 heterocycles. The second-order valence-corrected chi connectivity index (χ2v) is 3.07. The van der Waals surface area contributed by atoms with Crippen LogP contribution in [-0.2, 0) is 32.7 Å². The van der Waals surface area contributed by atoms with Gasteiger partial charge in [-0.05, 0) is 0 Å². The molecule has 0 nitrogen and oxygen atoms in total. The third kappa shape index (κ3) is 3.01. The molecule has 0 aliphatic carbocycles. The zero-order valence-electron chi connectivity index (χ0n) is 7.32. The van der Waals surface area contributed by atoms with Crippen LogP contribution in [0.2, 0.25) is 0 Å². The average Bonchev–Trinajstić information content (AvgIpc) is 1.94. The summed E-state index contributed by atoms with van der Waals surface area (Å²) in [5.41, 5.74) is 3.23. The molecule has 0 bridgehead atoms. The van der Waals surface area contributed by atoms with Crippen LogP contribution in [-0.4, -0.2) is 0 Å². The van der Waals surface area contributed by atoms with Crippen LogP contribution in [0.25, 0.3) is 5.03 Å². The predicted octanol–water partition coefficient (Wildman–Crippen LogP) is 3.31. The van der Waals surface area contributed by atoms with E-state index < -0.39 is 0 Å². The van der Waals surface area contributed by atoms with Crippen LogP contribution in [0.1, 0.15) is 16.7 Å². The van der Waals surface area contributed by atoms with Crippen molar-refractivity contribution in [2.24, 2.45) is 0 Å². The third-order valence-corrected chi connectivity index (χ3v) is 1.80. The van der Waals surface area contributed by atoms with E-state index in [1.165, 1.54) is 0 Å². The molecule has 2 heteroatoms. The van der Waals surface area contributed by atoms with E-state index in [0.717, 1.165) is 16.7 Å². The van der Waals surface area contributed by atoms with Crippen LogP contribution < -0.4 is 0 Å². The fourth-order valence-corrected chi connectivity index (χ4v) is 1.17. The molecule has 0 spiro atoms. The van der Waals surface area contributed by atoms with Crippen LogP contribution >= 0.6 is 11.6 Å². The van der Waals surface area contributed by atoms with Gasteiger partial charge in [-0.1, -0.05) is 32.0 Å². The second-order valence-electron chi connectivity index (χ2n) is 2.62. The van der Waals surface area contributed by atoms with Crippen molar-refractivity contribution in [2.45, 2.75) is 13.8 Å². The Labute approximate surface area is 104 Å². The molecule has 0 saturated carbocycles. The van der Waals surface area contributed by atoms with E-state index in [1.54, 1.807) is 0 Å². The Morgan fingerprint density at radius 2 is 2.08 bits per heavy atom. The van der Waals surface area contributed by atoms with Crippen LogP contribution in [0.3, 0.4) is 0 Å². The third-order valence-electron chi connectivity index (χ3n) is 1.59. The summed E-state index contributed by atoms with van der Waals surface area (Å²) in [6.45, 7) is 7.67. The summed E-state index contributed by atoms with van der Waals surface area (Å²) in [6, 6.07) is 7.01. The molecule has 1 radical (unpaired) electrons. The molecule has 0 amide bonds. The van der Waals surface area contributed by atoms with E-state index in [9.17, 15) is 0 Å². The molecule has 1 aromatic carbocycles. The van der Waals surface area contributed by atoms with Crippen LogP contribution in [0.5, 0.6) is 0 Å². The topological polar surface area (TPSA) is 0 Å². The van der Waals surface area contributed by atoms with Crippen LogP contribution in [0.4, 0.5) is 0 Å². The number of aryl methyl sites for hydroxylation is 2. The quantitative estimate of drug-likeness (QED) is 0.675. The summed E-state index contributed by atoms with van der Waals surface area (Å²) in [7, 11) is 0. The average molecular weight is 255 g/mol. The van der Waals surface area contributed by atoms with Gasteiger partial charge < -0.3 is 0 Å². The minimum absolute atomic E-state index is 0. The maximum atomic E-state index is 5.77. The molecular formula is C10H10ClY-. The summed E-state index contributed by atoms with van der Waals surface area (Å²) < 4.78 is 0. The fraction of sp³-hybridized carbons (Fsp3) is 0.200. The number of rotatable bonds is 1. The second kappa shape index (κ2) is 5.16. The first-order valence-electron chi connectivity index (χ1n) is 3.45. The molecule has 0 saturated heterocycles. The van der Waals surface area contributed by atoms with Crippen molar-refractivity contribution < 1.29 is 32.7 Å². The number of benzene rings is 1. The molecular weight excluding hydrogens is 244 g/mol. The van der Waals surface area contributed by atoms with Crippen molar-refractivity contribution >= 4 is 16.6 Å². The molecule has 1 rings (SSSR count). The van der Waals surface area contributed by atoms with Crippen molar-refractivity contribution in [3.05, 3.63) is 41.5 Å². The van der Waals surface area contributed by atoms with Gasteiger partial charge in [-0.25, -0.2) is 0 Å². The predicted molar refractivity (Wildman–Crippen MR) is 49.6 cm³/mol.